The molecule has 0 bridgehead atoms. The van der Waals surface area contributed by atoms with Gasteiger partial charge in [0.2, 0.25) is 0 Å². The molecule has 0 atom stereocenters. The van der Waals surface area contributed by atoms with Crippen LogP contribution in [0.3, 0.4) is 0 Å². The van der Waals surface area contributed by atoms with Crippen LogP contribution in [0.15, 0.2) is 102 Å². The highest BCUT2D eigenvalue weighted by atomic mass is 32.2. The van der Waals surface area contributed by atoms with Crippen LogP contribution in [0.5, 0.6) is 5.75 Å². The van der Waals surface area contributed by atoms with Gasteiger partial charge in [-0.1, -0.05) is 45.4 Å². The summed E-state index contributed by atoms with van der Waals surface area (Å²) in [6.45, 7) is 10.3. The van der Waals surface area contributed by atoms with Crippen LogP contribution in [-0.4, -0.2) is 43.8 Å². The van der Waals surface area contributed by atoms with Gasteiger partial charge < -0.3 is 19.7 Å². The van der Waals surface area contributed by atoms with Crippen LogP contribution in [-0.2, 0) is 15.3 Å². The Hall–Kier alpha value is -4.07. The predicted octanol–water partition coefficient (Wildman–Crippen LogP) is 9.12. The molecule has 1 aliphatic rings. The van der Waals surface area contributed by atoms with E-state index >= 15 is 0 Å². The lowest BCUT2D eigenvalue weighted by Gasteiger charge is -2.27. The van der Waals surface area contributed by atoms with Gasteiger partial charge in [0.15, 0.2) is 0 Å². The lowest BCUT2D eigenvalue weighted by Crippen LogP contribution is -2.29. The molecule has 0 unspecified atom stereocenters. The van der Waals surface area contributed by atoms with Crippen molar-refractivity contribution in [2.24, 2.45) is 5.92 Å². The van der Waals surface area contributed by atoms with Gasteiger partial charge in [-0.05, 0) is 108 Å². The fourth-order valence-electron chi connectivity index (χ4n) is 5.38. The monoisotopic (exact) mass is 635 g/mol. The molecule has 240 valence electrons. The summed E-state index contributed by atoms with van der Waals surface area (Å²) in [5.74, 6) is 2.16. The second kappa shape index (κ2) is 17.0. The average Bonchev–Trinajstić information content (AvgIpc) is 3.25. The minimum absolute atomic E-state index is 0.0555. The molecule has 1 N–H and O–H groups in total. The first-order valence-corrected chi connectivity index (χ1v) is 17.3. The number of hydrogen-bond acceptors (Lipinski definition) is 6. The van der Waals surface area contributed by atoms with Crippen molar-refractivity contribution >= 4 is 35.1 Å². The van der Waals surface area contributed by atoms with Gasteiger partial charge in [0.1, 0.15) is 12.4 Å². The molecule has 3 aromatic carbocycles. The second-order valence-electron chi connectivity index (χ2n) is 12.0. The van der Waals surface area contributed by atoms with Gasteiger partial charge in [0.05, 0.1) is 6.61 Å². The zero-order valence-electron chi connectivity index (χ0n) is 27.2. The lowest BCUT2D eigenvalue weighted by atomic mass is 10.00. The normalized spacial score (nSPS) is 12.8. The number of nitrogens with one attached hydrogen (secondary N) is 1. The smallest absolute Gasteiger partial charge is 0.251 e. The maximum atomic E-state index is 13.6. The maximum absolute atomic E-state index is 13.6. The quantitative estimate of drug-likeness (QED) is 0.104. The Morgan fingerprint density at radius 3 is 2.43 bits per heavy atom. The van der Waals surface area contributed by atoms with Crippen LogP contribution in [0.25, 0.3) is 17.2 Å². The van der Waals surface area contributed by atoms with Crippen LogP contribution in [0.1, 0.15) is 51.2 Å². The van der Waals surface area contributed by atoms with Gasteiger partial charge in [-0.15, -0.1) is 11.8 Å². The van der Waals surface area contributed by atoms with E-state index < -0.39 is 0 Å². The summed E-state index contributed by atoms with van der Waals surface area (Å²) < 4.78 is 11.5. The molecule has 5 rings (SSSR count). The summed E-state index contributed by atoms with van der Waals surface area (Å²) >= 11 is 1.77. The van der Waals surface area contributed by atoms with Gasteiger partial charge >= 0.3 is 0 Å². The summed E-state index contributed by atoms with van der Waals surface area (Å²) in [5.41, 5.74) is 7.26. The molecule has 46 heavy (non-hydrogen) atoms. The summed E-state index contributed by atoms with van der Waals surface area (Å²) in [4.78, 5) is 21.2. The van der Waals surface area contributed by atoms with Gasteiger partial charge in [-0.2, -0.15) is 0 Å². The first-order chi connectivity index (χ1) is 22.5. The zero-order chi connectivity index (χ0) is 32.1. The SMILES string of the molecule is CCCCOCCOc1ccc(-c2ccc3c(c2)C=C(C(=O)Nc2ccc(SCc4ccncc4)cc2)CCN3CC(C)C)cc1. The number of pyridine rings is 1. The Balaban J connectivity index is 1.27. The highest BCUT2D eigenvalue weighted by Gasteiger charge is 2.21. The van der Waals surface area contributed by atoms with E-state index in [1.807, 2.05) is 48.8 Å². The summed E-state index contributed by atoms with van der Waals surface area (Å²) in [6.07, 6.45) is 8.60. The first kappa shape index (κ1) is 33.3. The minimum atomic E-state index is -0.0555. The van der Waals surface area contributed by atoms with Crippen molar-refractivity contribution in [1.29, 1.82) is 0 Å². The highest BCUT2D eigenvalue weighted by Crippen LogP contribution is 2.34. The van der Waals surface area contributed by atoms with E-state index in [9.17, 15) is 4.79 Å². The molecule has 0 spiro atoms. The molecule has 7 heteroatoms. The predicted molar refractivity (Wildman–Crippen MR) is 192 cm³/mol. The van der Waals surface area contributed by atoms with E-state index in [1.165, 1.54) is 11.3 Å². The number of aromatic nitrogens is 1. The Bertz CT molecular complexity index is 1570. The van der Waals surface area contributed by atoms with Gasteiger partial charge in [-0.3, -0.25) is 9.78 Å². The van der Waals surface area contributed by atoms with E-state index in [0.717, 1.165) is 76.9 Å². The fraction of sp³-hybridized carbons (Fsp3) is 0.333. The molecular weight excluding hydrogens is 591 g/mol. The molecule has 6 nitrogen and oxygen atoms in total. The molecule has 1 aromatic heterocycles. The number of anilines is 2. The largest absolute Gasteiger partial charge is 0.491 e. The number of fused-ring (bicyclic) bond motifs is 1. The molecule has 1 aliphatic heterocycles. The number of ether oxygens (including phenoxy) is 2. The van der Waals surface area contributed by atoms with E-state index in [2.05, 4.69) is 84.5 Å². The number of hydrogen-bond donors (Lipinski definition) is 1. The van der Waals surface area contributed by atoms with Crippen LogP contribution in [0.4, 0.5) is 11.4 Å². The van der Waals surface area contributed by atoms with Crippen molar-refractivity contribution in [3.05, 3.63) is 108 Å². The van der Waals surface area contributed by atoms with E-state index in [-0.39, 0.29) is 5.91 Å². The molecule has 2 heterocycles. The minimum Gasteiger partial charge on any atom is -0.491 e. The Morgan fingerprint density at radius 2 is 1.70 bits per heavy atom. The average molecular weight is 636 g/mol. The van der Waals surface area contributed by atoms with E-state index in [4.69, 9.17) is 9.47 Å². The molecule has 0 radical (unpaired) electrons. The Kier molecular flexibility index (Phi) is 12.3. The molecule has 0 saturated carbocycles. The van der Waals surface area contributed by atoms with Crippen LogP contribution in [0.2, 0.25) is 0 Å². The summed E-state index contributed by atoms with van der Waals surface area (Å²) in [7, 11) is 0. The molecule has 0 aliphatic carbocycles. The van der Waals surface area contributed by atoms with Crippen LogP contribution < -0.4 is 15.0 Å². The topological polar surface area (TPSA) is 63.7 Å². The first-order valence-electron chi connectivity index (χ1n) is 16.3. The van der Waals surface area contributed by atoms with Crippen LogP contribution >= 0.6 is 11.8 Å². The molecular formula is C39H45N3O3S. The molecule has 1 amide bonds. The zero-order valence-corrected chi connectivity index (χ0v) is 28.0. The van der Waals surface area contributed by atoms with Gasteiger partial charge in [-0.25, -0.2) is 0 Å². The third-order valence-electron chi connectivity index (χ3n) is 7.82. The maximum Gasteiger partial charge on any atom is 0.251 e. The second-order valence-corrected chi connectivity index (χ2v) is 13.0. The number of rotatable bonds is 15. The van der Waals surface area contributed by atoms with Crippen molar-refractivity contribution in [1.82, 2.24) is 4.98 Å². The Morgan fingerprint density at radius 1 is 0.935 bits per heavy atom. The van der Waals surface area contributed by atoms with Crippen molar-refractivity contribution < 1.29 is 14.3 Å². The van der Waals surface area contributed by atoms with Gasteiger partial charge in [0, 0.05) is 59.7 Å². The number of carbonyl (C=O) groups is 1. The number of benzene rings is 3. The van der Waals surface area contributed by atoms with Crippen molar-refractivity contribution in [3.63, 3.8) is 0 Å². The third-order valence-corrected chi connectivity index (χ3v) is 8.90. The number of unbranched alkanes of at least 4 members (excludes halogenated alkanes) is 1. The molecule has 0 saturated heterocycles. The molecule has 4 aromatic rings. The van der Waals surface area contributed by atoms with Crippen LogP contribution in [0, 0.1) is 5.92 Å². The van der Waals surface area contributed by atoms with Crippen molar-refractivity contribution in [3.8, 4) is 16.9 Å². The van der Waals surface area contributed by atoms with E-state index in [1.54, 1.807) is 11.8 Å². The number of carbonyl (C=O) groups excluding carboxylic acids is 1. The summed E-state index contributed by atoms with van der Waals surface area (Å²) in [5, 5.41) is 3.14. The number of amides is 1. The van der Waals surface area contributed by atoms with Crippen molar-refractivity contribution in [2.45, 2.75) is 50.7 Å². The standard InChI is InChI=1S/C39H45N3O3S/c1-4-5-22-44-23-24-45-36-11-6-31(7-12-36)32-8-15-38-34(25-32)26-33(18-21-42(38)27-29(2)3)39(43)41-35-9-13-37(14-10-35)46-28-30-16-19-40-20-17-30/h6-17,19-20,25-26,29H,4-5,18,21-24,27-28H2,1-3H3,(H,41,43). The number of thioether (sulfide) groups is 1. The summed E-state index contributed by atoms with van der Waals surface area (Å²) in [6, 6.07) is 26.9. The van der Waals surface area contributed by atoms with Gasteiger partial charge in [0.25, 0.3) is 5.91 Å². The molecule has 0 fully saturated rings. The van der Waals surface area contributed by atoms with E-state index in [0.29, 0.717) is 25.6 Å². The lowest BCUT2D eigenvalue weighted by molar-refractivity contribution is -0.112. The highest BCUT2D eigenvalue weighted by molar-refractivity contribution is 7.98. The number of nitrogens with zero attached hydrogens (tertiary/aromatic N) is 2. The Labute approximate surface area is 278 Å². The fourth-order valence-corrected chi connectivity index (χ4v) is 6.24. The third kappa shape index (κ3) is 9.71. The van der Waals surface area contributed by atoms with Crippen molar-refractivity contribution in [2.75, 3.05) is 43.1 Å².